The van der Waals surface area contributed by atoms with Crippen molar-refractivity contribution < 1.29 is 14.6 Å². The van der Waals surface area contributed by atoms with Gasteiger partial charge in [-0.15, -0.1) is 0 Å². The third-order valence-corrected chi connectivity index (χ3v) is 3.88. The lowest BCUT2D eigenvalue weighted by Gasteiger charge is -2.07. The first-order chi connectivity index (χ1) is 13.4. The highest BCUT2D eigenvalue weighted by atomic mass is 16.6. The van der Waals surface area contributed by atoms with Gasteiger partial charge in [-0.1, -0.05) is 0 Å². The number of hydrogen-bond donors (Lipinski definition) is 2. The number of nitrogens with zero attached hydrogens (tertiary/aromatic N) is 6. The van der Waals surface area contributed by atoms with E-state index in [1.807, 2.05) is 0 Å². The summed E-state index contributed by atoms with van der Waals surface area (Å²) in [5, 5.41) is 24.4. The van der Waals surface area contributed by atoms with E-state index in [0.717, 1.165) is 18.2 Å². The number of nitrogen functional groups attached to an aromatic ring is 1. The van der Waals surface area contributed by atoms with Crippen molar-refractivity contribution in [3.05, 3.63) is 56.6 Å². The molecule has 2 aromatic heterocycles. The maximum atomic E-state index is 12.2. The molecule has 0 fully saturated rings. The van der Waals surface area contributed by atoms with Gasteiger partial charge < -0.3 is 15.6 Å². The highest BCUT2D eigenvalue weighted by Crippen LogP contribution is 2.22. The van der Waals surface area contributed by atoms with E-state index >= 15 is 0 Å². The van der Waals surface area contributed by atoms with Crippen LogP contribution in [0.5, 0.6) is 0 Å². The van der Waals surface area contributed by atoms with Crippen LogP contribution in [-0.2, 0) is 6.54 Å². The number of rotatable bonds is 7. The van der Waals surface area contributed by atoms with Crippen LogP contribution in [0.15, 0.2) is 30.9 Å². The number of anilines is 1. The molecular formula is C15H14N8O5. The van der Waals surface area contributed by atoms with Crippen molar-refractivity contribution in [2.24, 2.45) is 0 Å². The molecule has 0 aliphatic heterocycles. The monoisotopic (exact) mass is 386 g/mol. The van der Waals surface area contributed by atoms with Crippen molar-refractivity contribution in [1.82, 2.24) is 24.8 Å². The average molecular weight is 386 g/mol. The summed E-state index contributed by atoms with van der Waals surface area (Å²) in [5.41, 5.74) is 5.55. The molecule has 3 rings (SSSR count). The molecule has 0 aliphatic rings. The second kappa shape index (κ2) is 7.61. The van der Waals surface area contributed by atoms with E-state index in [1.54, 1.807) is 10.9 Å². The Kier molecular flexibility index (Phi) is 5.06. The first kappa shape index (κ1) is 18.6. The first-order valence-corrected chi connectivity index (χ1v) is 8.00. The summed E-state index contributed by atoms with van der Waals surface area (Å²) in [7, 11) is 0. The molecule has 0 bridgehead atoms. The van der Waals surface area contributed by atoms with Gasteiger partial charge in [-0.05, 0) is 6.42 Å². The average Bonchev–Trinajstić information content (AvgIpc) is 3.09. The number of benzene rings is 1. The van der Waals surface area contributed by atoms with Crippen LogP contribution in [-0.4, -0.2) is 41.8 Å². The maximum absolute atomic E-state index is 12.2. The van der Waals surface area contributed by atoms with Crippen LogP contribution < -0.4 is 11.1 Å². The number of aromatic nitrogens is 4. The van der Waals surface area contributed by atoms with Gasteiger partial charge >= 0.3 is 0 Å². The number of aryl methyl sites for hydroxylation is 1. The summed E-state index contributed by atoms with van der Waals surface area (Å²) in [6.07, 6.45) is 3.38. The lowest BCUT2D eigenvalue weighted by molar-refractivity contribution is -0.394. The van der Waals surface area contributed by atoms with Gasteiger partial charge in [0.2, 0.25) is 0 Å². The Morgan fingerprint density at radius 3 is 2.43 bits per heavy atom. The maximum Gasteiger partial charge on any atom is 0.277 e. The molecule has 3 N–H and O–H groups in total. The number of amides is 1. The normalized spacial score (nSPS) is 10.7. The van der Waals surface area contributed by atoms with Gasteiger partial charge in [0, 0.05) is 25.2 Å². The summed E-state index contributed by atoms with van der Waals surface area (Å²) in [4.78, 5) is 44.5. The number of nitrogens with two attached hydrogens (primary N) is 1. The highest BCUT2D eigenvalue weighted by Gasteiger charge is 2.19. The molecule has 2 heterocycles. The smallest absolute Gasteiger partial charge is 0.277 e. The molecule has 144 valence electrons. The fourth-order valence-corrected chi connectivity index (χ4v) is 2.55. The van der Waals surface area contributed by atoms with Gasteiger partial charge in [-0.25, -0.2) is 15.0 Å². The number of nitro groups is 2. The Morgan fingerprint density at radius 2 is 1.79 bits per heavy atom. The Balaban J connectivity index is 1.63. The van der Waals surface area contributed by atoms with Gasteiger partial charge in [-0.3, -0.25) is 25.0 Å². The molecule has 1 amide bonds. The van der Waals surface area contributed by atoms with Crippen LogP contribution in [0.4, 0.5) is 17.2 Å². The van der Waals surface area contributed by atoms with Gasteiger partial charge in [0.05, 0.1) is 27.8 Å². The van der Waals surface area contributed by atoms with Crippen molar-refractivity contribution in [2.75, 3.05) is 12.3 Å². The van der Waals surface area contributed by atoms with Crippen LogP contribution in [0.2, 0.25) is 0 Å². The van der Waals surface area contributed by atoms with E-state index in [9.17, 15) is 25.0 Å². The molecule has 1 aromatic carbocycles. The summed E-state index contributed by atoms with van der Waals surface area (Å²) >= 11 is 0. The zero-order valence-electron chi connectivity index (χ0n) is 14.3. The third-order valence-electron chi connectivity index (χ3n) is 3.88. The van der Waals surface area contributed by atoms with Crippen molar-refractivity contribution >= 4 is 34.3 Å². The topological polar surface area (TPSA) is 185 Å². The molecule has 3 aromatic rings. The Bertz CT molecular complexity index is 1050. The van der Waals surface area contributed by atoms with Crippen molar-refractivity contribution in [1.29, 1.82) is 0 Å². The molecule has 0 spiro atoms. The van der Waals surface area contributed by atoms with E-state index in [4.69, 9.17) is 5.73 Å². The fraction of sp³-hybridized carbons (Fsp3) is 0.200. The molecule has 0 saturated carbocycles. The summed E-state index contributed by atoms with van der Waals surface area (Å²) in [5.74, 6) is -0.377. The lowest BCUT2D eigenvalue weighted by Crippen LogP contribution is -2.25. The molecule has 0 radical (unpaired) electrons. The van der Waals surface area contributed by atoms with Gasteiger partial charge in [0.1, 0.15) is 11.8 Å². The number of nitrogens with one attached hydrogen (secondary N) is 1. The van der Waals surface area contributed by atoms with E-state index in [1.165, 1.54) is 6.33 Å². The Labute approximate surface area is 156 Å². The largest absolute Gasteiger partial charge is 0.382 e. The number of hydrogen-bond acceptors (Lipinski definition) is 9. The SMILES string of the molecule is Nc1ncnc2c1ncn2CCCNC(=O)c1cc([N+](=O)[O-])cc([N+](=O)[O-])c1. The second-order valence-corrected chi connectivity index (χ2v) is 5.73. The fourth-order valence-electron chi connectivity index (χ4n) is 2.55. The number of nitro benzene ring substituents is 2. The predicted octanol–water partition coefficient (Wildman–Crippen LogP) is 1.04. The van der Waals surface area contributed by atoms with Crippen LogP contribution in [0, 0.1) is 20.2 Å². The molecule has 0 atom stereocenters. The van der Waals surface area contributed by atoms with E-state index in [-0.39, 0.29) is 17.9 Å². The lowest BCUT2D eigenvalue weighted by atomic mass is 10.1. The zero-order valence-corrected chi connectivity index (χ0v) is 14.3. The number of carbonyl (C=O) groups excluding carboxylic acids is 1. The third kappa shape index (κ3) is 3.82. The van der Waals surface area contributed by atoms with E-state index in [0.29, 0.717) is 24.1 Å². The van der Waals surface area contributed by atoms with Crippen LogP contribution >= 0.6 is 0 Å². The first-order valence-electron chi connectivity index (χ1n) is 8.00. The molecule has 13 nitrogen and oxygen atoms in total. The quantitative estimate of drug-likeness (QED) is 0.340. The molecule has 13 heteroatoms. The number of non-ortho nitro benzene ring substituents is 2. The van der Waals surface area contributed by atoms with Crippen LogP contribution in [0.1, 0.15) is 16.8 Å². The van der Waals surface area contributed by atoms with E-state index in [2.05, 4.69) is 20.3 Å². The van der Waals surface area contributed by atoms with Gasteiger partial charge in [0.15, 0.2) is 11.5 Å². The van der Waals surface area contributed by atoms with E-state index < -0.39 is 27.1 Å². The minimum absolute atomic E-state index is 0.158. The minimum Gasteiger partial charge on any atom is -0.382 e. The molecule has 0 saturated heterocycles. The standard InChI is InChI=1S/C15H14N8O5/c16-13-12-14(19-7-18-13)21(8-20-12)3-1-2-17-15(24)9-4-10(22(25)26)6-11(5-9)23(27)28/h4-8H,1-3H2,(H,17,24)(H2,16,18,19). The minimum atomic E-state index is -0.790. The number of imidazole rings is 1. The summed E-state index contributed by atoms with van der Waals surface area (Å²) in [6, 6.07) is 2.78. The van der Waals surface area contributed by atoms with Crippen LogP contribution in [0.3, 0.4) is 0 Å². The van der Waals surface area contributed by atoms with Gasteiger partial charge in [-0.2, -0.15) is 0 Å². The predicted molar refractivity (Wildman–Crippen MR) is 96.4 cm³/mol. The molecule has 0 aliphatic carbocycles. The second-order valence-electron chi connectivity index (χ2n) is 5.73. The van der Waals surface area contributed by atoms with Crippen molar-refractivity contribution in [2.45, 2.75) is 13.0 Å². The van der Waals surface area contributed by atoms with Crippen molar-refractivity contribution in [3.63, 3.8) is 0 Å². The van der Waals surface area contributed by atoms with Crippen molar-refractivity contribution in [3.8, 4) is 0 Å². The summed E-state index contributed by atoms with van der Waals surface area (Å²) < 4.78 is 1.75. The molecule has 28 heavy (non-hydrogen) atoms. The van der Waals surface area contributed by atoms with Gasteiger partial charge in [0.25, 0.3) is 17.3 Å². The highest BCUT2D eigenvalue weighted by molar-refractivity contribution is 5.95. The summed E-state index contributed by atoms with van der Waals surface area (Å²) in [6.45, 7) is 0.706. The molecule has 0 unspecified atom stereocenters. The van der Waals surface area contributed by atoms with Crippen LogP contribution in [0.25, 0.3) is 11.2 Å². The Morgan fingerprint density at radius 1 is 1.11 bits per heavy atom. The number of fused-ring (bicyclic) bond motifs is 1. The number of carbonyl (C=O) groups is 1. The Hall–Kier alpha value is -4.16. The zero-order chi connectivity index (χ0) is 20.3. The molecular weight excluding hydrogens is 372 g/mol.